The van der Waals surface area contributed by atoms with Gasteiger partial charge in [-0.3, -0.25) is 14.2 Å². The molecule has 0 aliphatic carbocycles. The third-order valence-electron chi connectivity index (χ3n) is 5.16. The summed E-state index contributed by atoms with van der Waals surface area (Å²) in [4.78, 5) is 39.8. The number of aromatic nitrogens is 2. The van der Waals surface area contributed by atoms with E-state index in [1.54, 1.807) is 49.7 Å². The summed E-state index contributed by atoms with van der Waals surface area (Å²) in [5.74, 6) is -0.450. The van der Waals surface area contributed by atoms with E-state index < -0.39 is 12.0 Å². The lowest BCUT2D eigenvalue weighted by molar-refractivity contribution is -0.148. The van der Waals surface area contributed by atoms with Gasteiger partial charge in [0.15, 0.2) is 0 Å². The van der Waals surface area contributed by atoms with Gasteiger partial charge in [-0.25, -0.2) is 9.36 Å². The van der Waals surface area contributed by atoms with Crippen LogP contribution in [-0.4, -0.2) is 45.7 Å². The van der Waals surface area contributed by atoms with Gasteiger partial charge in [-0.1, -0.05) is 12.1 Å². The first-order valence-corrected chi connectivity index (χ1v) is 9.76. The van der Waals surface area contributed by atoms with Crippen molar-refractivity contribution in [3.05, 3.63) is 61.9 Å². The minimum Gasteiger partial charge on any atom is -0.462 e. The first-order valence-electron chi connectivity index (χ1n) is 9.76. The summed E-state index contributed by atoms with van der Waals surface area (Å²) in [6.45, 7) is 4.91. The summed E-state index contributed by atoms with van der Waals surface area (Å²) in [5.41, 5.74) is 8.07. The molecule has 2 N–H and O–H groups in total. The second-order valence-electron chi connectivity index (χ2n) is 7.86. The monoisotopic (exact) mass is 400 g/mol. The topological polar surface area (TPSA) is 99.6 Å². The number of fused-ring (bicyclic) bond motifs is 1. The van der Waals surface area contributed by atoms with Crippen molar-refractivity contribution in [2.75, 3.05) is 13.6 Å². The van der Waals surface area contributed by atoms with Crippen molar-refractivity contribution >= 4 is 5.97 Å². The summed E-state index contributed by atoms with van der Waals surface area (Å²) in [5, 5.41) is 0. The van der Waals surface area contributed by atoms with Crippen molar-refractivity contribution in [1.82, 2.24) is 14.0 Å². The number of benzene rings is 1. The van der Waals surface area contributed by atoms with Gasteiger partial charge in [-0.15, -0.1) is 0 Å². The lowest BCUT2D eigenvalue weighted by Gasteiger charge is -2.26. The van der Waals surface area contributed by atoms with E-state index in [4.69, 9.17) is 10.5 Å². The minimum absolute atomic E-state index is 0.220. The quantitative estimate of drug-likeness (QED) is 0.727. The Morgan fingerprint density at radius 2 is 1.83 bits per heavy atom. The van der Waals surface area contributed by atoms with Crippen LogP contribution in [0.4, 0.5) is 0 Å². The summed E-state index contributed by atoms with van der Waals surface area (Å²) < 4.78 is 7.89. The standard InChI is InChI=1S/C21H28N4O4/c1-13(2)29-20(27)17(22)11-14-5-7-15(8-6-14)25-19(26)16-9-10-23(3)12-18(16)24(4)21(25)28/h5-8,13,17H,9-12,22H2,1-4H3/t17-/m0/s1. The smallest absolute Gasteiger partial charge is 0.335 e. The maximum Gasteiger partial charge on any atom is 0.335 e. The Morgan fingerprint density at radius 3 is 2.45 bits per heavy atom. The molecule has 0 saturated carbocycles. The van der Waals surface area contributed by atoms with Gasteiger partial charge in [0.1, 0.15) is 6.04 Å². The first kappa shape index (κ1) is 21.0. The molecule has 0 fully saturated rings. The molecule has 156 valence electrons. The fourth-order valence-corrected chi connectivity index (χ4v) is 3.57. The van der Waals surface area contributed by atoms with E-state index in [0.717, 1.165) is 17.8 Å². The van der Waals surface area contributed by atoms with Gasteiger partial charge >= 0.3 is 11.7 Å². The molecule has 8 nitrogen and oxygen atoms in total. The number of esters is 1. The fraction of sp³-hybridized carbons (Fsp3) is 0.476. The maximum atomic E-state index is 13.0. The van der Waals surface area contributed by atoms with Crippen molar-refractivity contribution in [3.63, 3.8) is 0 Å². The Balaban J connectivity index is 1.89. The van der Waals surface area contributed by atoms with Gasteiger partial charge in [-0.05, 0) is 51.4 Å². The number of hydrogen-bond acceptors (Lipinski definition) is 6. The van der Waals surface area contributed by atoms with Crippen molar-refractivity contribution < 1.29 is 9.53 Å². The highest BCUT2D eigenvalue weighted by molar-refractivity contribution is 5.76. The molecule has 2 heterocycles. The third-order valence-corrected chi connectivity index (χ3v) is 5.16. The molecule has 0 amide bonds. The molecule has 0 bridgehead atoms. The molecule has 1 atom stereocenters. The number of hydrogen-bond donors (Lipinski definition) is 1. The van der Waals surface area contributed by atoms with Crippen LogP contribution in [0, 0.1) is 0 Å². The number of carbonyl (C=O) groups is 1. The predicted octanol–water partition coefficient (Wildman–Crippen LogP) is 0.346. The average molecular weight is 400 g/mol. The molecule has 29 heavy (non-hydrogen) atoms. The van der Waals surface area contributed by atoms with E-state index in [0.29, 0.717) is 30.6 Å². The Hall–Kier alpha value is -2.71. The van der Waals surface area contributed by atoms with Crippen molar-refractivity contribution in [1.29, 1.82) is 0 Å². The molecule has 0 saturated heterocycles. The van der Waals surface area contributed by atoms with Gasteiger partial charge in [-0.2, -0.15) is 0 Å². The van der Waals surface area contributed by atoms with Crippen LogP contribution >= 0.6 is 0 Å². The van der Waals surface area contributed by atoms with E-state index >= 15 is 0 Å². The Bertz CT molecular complexity index is 1020. The third kappa shape index (κ3) is 4.33. The number of rotatable bonds is 5. The molecule has 1 aromatic heterocycles. The summed E-state index contributed by atoms with van der Waals surface area (Å²) in [6, 6.07) is 6.20. The number of nitrogens with zero attached hydrogens (tertiary/aromatic N) is 3. The first-order chi connectivity index (χ1) is 13.7. The van der Waals surface area contributed by atoms with Gasteiger partial charge < -0.3 is 15.4 Å². The Morgan fingerprint density at radius 1 is 1.17 bits per heavy atom. The van der Waals surface area contributed by atoms with E-state index in [1.165, 1.54) is 4.57 Å². The molecule has 3 rings (SSSR count). The molecule has 1 aliphatic heterocycles. The molecule has 0 radical (unpaired) electrons. The van der Waals surface area contributed by atoms with E-state index in [1.807, 2.05) is 7.05 Å². The van der Waals surface area contributed by atoms with Crippen LogP contribution in [0.1, 0.15) is 30.7 Å². The zero-order chi connectivity index (χ0) is 21.3. The fourth-order valence-electron chi connectivity index (χ4n) is 3.57. The molecule has 1 aromatic carbocycles. The normalized spacial score (nSPS) is 15.2. The van der Waals surface area contributed by atoms with Gasteiger partial charge in [0.25, 0.3) is 5.56 Å². The molecular weight excluding hydrogens is 372 g/mol. The molecule has 1 aliphatic rings. The predicted molar refractivity (Wildman–Crippen MR) is 110 cm³/mol. The zero-order valence-corrected chi connectivity index (χ0v) is 17.3. The largest absolute Gasteiger partial charge is 0.462 e. The molecular formula is C21H28N4O4. The van der Waals surface area contributed by atoms with Crippen LogP contribution in [0.3, 0.4) is 0 Å². The van der Waals surface area contributed by atoms with Crippen molar-refractivity contribution in [3.8, 4) is 5.69 Å². The van der Waals surface area contributed by atoms with Crippen LogP contribution in [0.15, 0.2) is 33.9 Å². The molecule has 0 spiro atoms. The molecule has 2 aromatic rings. The minimum atomic E-state index is -0.764. The lowest BCUT2D eigenvalue weighted by Crippen LogP contribution is -2.45. The van der Waals surface area contributed by atoms with Gasteiger partial charge in [0, 0.05) is 31.4 Å². The van der Waals surface area contributed by atoms with Crippen LogP contribution in [0.5, 0.6) is 0 Å². The summed E-state index contributed by atoms with van der Waals surface area (Å²) in [6.07, 6.45) is 0.710. The van der Waals surface area contributed by atoms with E-state index in [9.17, 15) is 14.4 Å². The van der Waals surface area contributed by atoms with Crippen molar-refractivity contribution in [2.24, 2.45) is 12.8 Å². The van der Waals surface area contributed by atoms with Gasteiger partial charge in [0.2, 0.25) is 0 Å². The van der Waals surface area contributed by atoms with Crippen LogP contribution in [-0.2, 0) is 36.0 Å². The number of nitrogens with two attached hydrogens (primary N) is 1. The summed E-state index contributed by atoms with van der Waals surface area (Å²) >= 11 is 0. The second kappa shape index (κ2) is 8.34. The Labute approximate surface area is 169 Å². The highest BCUT2D eigenvalue weighted by Crippen LogP contribution is 2.14. The second-order valence-corrected chi connectivity index (χ2v) is 7.86. The van der Waals surface area contributed by atoms with E-state index in [2.05, 4.69) is 4.90 Å². The maximum absolute atomic E-state index is 13.0. The highest BCUT2D eigenvalue weighted by Gasteiger charge is 2.23. The number of likely N-dealkylation sites (N-methyl/N-ethyl adjacent to an activating group) is 1. The number of carbonyl (C=O) groups excluding carboxylic acids is 1. The SMILES string of the molecule is CC(C)OC(=O)[C@@H](N)Cc1ccc(-n2c(=O)c3c(n(C)c2=O)CN(C)CC3)cc1. The molecule has 8 heteroatoms. The van der Waals surface area contributed by atoms with Crippen molar-refractivity contribution in [2.45, 2.75) is 45.4 Å². The van der Waals surface area contributed by atoms with Crippen LogP contribution in [0.2, 0.25) is 0 Å². The lowest BCUT2D eigenvalue weighted by atomic mass is 10.1. The highest BCUT2D eigenvalue weighted by atomic mass is 16.5. The Kier molecular flexibility index (Phi) is 6.04. The van der Waals surface area contributed by atoms with Gasteiger partial charge in [0.05, 0.1) is 11.8 Å². The average Bonchev–Trinajstić information content (AvgIpc) is 2.67. The van der Waals surface area contributed by atoms with E-state index in [-0.39, 0.29) is 17.4 Å². The van der Waals surface area contributed by atoms with Crippen LogP contribution in [0.25, 0.3) is 5.69 Å². The molecule has 0 unspecified atom stereocenters. The van der Waals surface area contributed by atoms with Crippen LogP contribution < -0.4 is 17.0 Å². The number of ether oxygens (including phenoxy) is 1. The summed E-state index contributed by atoms with van der Waals surface area (Å²) in [7, 11) is 3.67. The zero-order valence-electron chi connectivity index (χ0n) is 17.3.